The number of anilines is 1. The molecule has 0 spiro atoms. The number of hydrogen-bond donors (Lipinski definition) is 3. The number of carbonyl (C=O) groups excluding carboxylic acids is 1. The third-order valence-corrected chi connectivity index (χ3v) is 2.51. The first-order valence-corrected chi connectivity index (χ1v) is 5.65. The molecule has 1 amide bonds. The van der Waals surface area contributed by atoms with E-state index in [2.05, 4.69) is 20.5 Å². The van der Waals surface area contributed by atoms with Crippen LogP contribution < -0.4 is 5.32 Å². The summed E-state index contributed by atoms with van der Waals surface area (Å²) in [6.45, 7) is 1.94. The van der Waals surface area contributed by atoms with Crippen molar-refractivity contribution in [3.8, 4) is 0 Å². The summed E-state index contributed by atoms with van der Waals surface area (Å²) >= 11 is 0. The minimum atomic E-state index is -1.20. The molecule has 98 valence electrons. The van der Waals surface area contributed by atoms with Gasteiger partial charge in [-0.3, -0.25) is 14.9 Å². The Balaban J connectivity index is 2.22. The summed E-state index contributed by atoms with van der Waals surface area (Å²) in [7, 11) is 0. The van der Waals surface area contributed by atoms with Gasteiger partial charge in [-0.2, -0.15) is 5.10 Å². The lowest BCUT2D eigenvalue weighted by molar-refractivity contribution is 0.0691. The highest BCUT2D eigenvalue weighted by atomic mass is 16.4. The number of rotatable bonds is 4. The van der Waals surface area contributed by atoms with Crippen LogP contribution in [0.5, 0.6) is 0 Å². The molecule has 0 radical (unpaired) electrons. The average molecular weight is 260 g/mol. The van der Waals surface area contributed by atoms with Crippen molar-refractivity contribution in [3.63, 3.8) is 0 Å². The van der Waals surface area contributed by atoms with Gasteiger partial charge in [-0.1, -0.05) is 6.92 Å². The number of aromatic carboxylic acids is 1. The number of carboxylic acids is 1. The molecule has 0 atom stereocenters. The lowest BCUT2D eigenvalue weighted by Crippen LogP contribution is -2.18. The largest absolute Gasteiger partial charge is 0.478 e. The summed E-state index contributed by atoms with van der Waals surface area (Å²) in [6, 6.07) is 4.47. The van der Waals surface area contributed by atoms with E-state index < -0.39 is 11.9 Å². The van der Waals surface area contributed by atoms with Crippen molar-refractivity contribution >= 4 is 17.7 Å². The first-order valence-electron chi connectivity index (χ1n) is 5.65. The van der Waals surface area contributed by atoms with E-state index in [1.54, 1.807) is 6.07 Å². The summed E-state index contributed by atoms with van der Waals surface area (Å²) < 4.78 is 0. The fourth-order valence-corrected chi connectivity index (χ4v) is 1.54. The van der Waals surface area contributed by atoms with Crippen LogP contribution in [0, 0.1) is 0 Å². The summed E-state index contributed by atoms with van der Waals surface area (Å²) in [4.78, 5) is 26.7. The number of aromatic amines is 1. The van der Waals surface area contributed by atoms with Gasteiger partial charge >= 0.3 is 5.97 Å². The van der Waals surface area contributed by atoms with Crippen molar-refractivity contribution in [1.82, 2.24) is 15.2 Å². The van der Waals surface area contributed by atoms with Crippen LogP contribution in [0.4, 0.5) is 5.82 Å². The lowest BCUT2D eigenvalue weighted by Gasteiger charge is -2.03. The zero-order chi connectivity index (χ0) is 13.8. The number of carboxylic acid groups (broad SMARTS) is 1. The molecule has 0 fully saturated rings. The molecule has 0 aliphatic heterocycles. The second-order valence-corrected chi connectivity index (χ2v) is 3.79. The zero-order valence-electron chi connectivity index (χ0n) is 10.2. The molecule has 2 rings (SSSR count). The van der Waals surface area contributed by atoms with E-state index in [-0.39, 0.29) is 11.3 Å². The molecular formula is C12H12N4O3. The Hall–Kier alpha value is -2.70. The summed E-state index contributed by atoms with van der Waals surface area (Å²) in [5.74, 6) is -1.47. The van der Waals surface area contributed by atoms with E-state index in [1.807, 2.05) is 6.92 Å². The van der Waals surface area contributed by atoms with Crippen LogP contribution in [0.25, 0.3) is 0 Å². The zero-order valence-corrected chi connectivity index (χ0v) is 10.2. The predicted molar refractivity (Wildman–Crippen MR) is 67.1 cm³/mol. The number of hydrogen-bond acceptors (Lipinski definition) is 4. The van der Waals surface area contributed by atoms with Crippen LogP contribution in [-0.2, 0) is 6.42 Å². The van der Waals surface area contributed by atoms with Crippen LogP contribution >= 0.6 is 0 Å². The molecule has 7 nitrogen and oxygen atoms in total. The first kappa shape index (κ1) is 12.7. The summed E-state index contributed by atoms with van der Waals surface area (Å²) in [5.41, 5.74) is 0.581. The molecule has 2 heterocycles. The first-order chi connectivity index (χ1) is 9.11. The molecule has 2 aromatic rings. The van der Waals surface area contributed by atoms with Crippen LogP contribution in [-0.4, -0.2) is 32.2 Å². The molecule has 0 saturated carbocycles. The van der Waals surface area contributed by atoms with Crippen LogP contribution in [0.15, 0.2) is 24.4 Å². The van der Waals surface area contributed by atoms with Gasteiger partial charge in [-0.15, -0.1) is 0 Å². The Labute approximate surface area is 108 Å². The van der Waals surface area contributed by atoms with Crippen molar-refractivity contribution in [3.05, 3.63) is 41.3 Å². The summed E-state index contributed by atoms with van der Waals surface area (Å²) in [5, 5.41) is 18.1. The number of H-pyrrole nitrogens is 1. The van der Waals surface area contributed by atoms with E-state index >= 15 is 0 Å². The number of aromatic nitrogens is 3. The van der Waals surface area contributed by atoms with Crippen LogP contribution in [0.1, 0.15) is 33.5 Å². The third kappa shape index (κ3) is 2.76. The van der Waals surface area contributed by atoms with Gasteiger partial charge in [0.1, 0.15) is 5.69 Å². The molecule has 0 aliphatic rings. The highest BCUT2D eigenvalue weighted by Crippen LogP contribution is 2.10. The second-order valence-electron chi connectivity index (χ2n) is 3.79. The third-order valence-electron chi connectivity index (χ3n) is 2.51. The molecule has 2 aromatic heterocycles. The monoisotopic (exact) mass is 260 g/mol. The molecule has 0 aliphatic carbocycles. The van der Waals surface area contributed by atoms with Gasteiger partial charge in [0.05, 0.1) is 5.56 Å². The minimum Gasteiger partial charge on any atom is -0.478 e. The van der Waals surface area contributed by atoms with Crippen molar-refractivity contribution in [1.29, 1.82) is 0 Å². The summed E-state index contributed by atoms with van der Waals surface area (Å²) in [6.07, 6.45) is 2.12. The number of nitrogens with zero attached hydrogens (tertiary/aromatic N) is 2. The van der Waals surface area contributed by atoms with Gasteiger partial charge in [0.25, 0.3) is 5.91 Å². The molecule has 0 unspecified atom stereocenters. The van der Waals surface area contributed by atoms with E-state index in [1.165, 1.54) is 18.3 Å². The van der Waals surface area contributed by atoms with Crippen molar-refractivity contribution in [2.75, 3.05) is 5.32 Å². The van der Waals surface area contributed by atoms with E-state index in [4.69, 9.17) is 5.11 Å². The molecule has 3 N–H and O–H groups in total. The van der Waals surface area contributed by atoms with Gasteiger partial charge < -0.3 is 10.4 Å². The maximum absolute atomic E-state index is 11.9. The second kappa shape index (κ2) is 5.30. The van der Waals surface area contributed by atoms with Gasteiger partial charge in [0, 0.05) is 18.0 Å². The Bertz CT molecular complexity index is 621. The van der Waals surface area contributed by atoms with Crippen LogP contribution in [0.3, 0.4) is 0 Å². The molecule has 0 saturated heterocycles. The number of pyridine rings is 1. The fraction of sp³-hybridized carbons (Fsp3) is 0.167. The van der Waals surface area contributed by atoms with Crippen molar-refractivity contribution < 1.29 is 14.7 Å². The SMILES string of the molecule is CCc1cc(NC(=O)c2ncccc2C(=O)O)n[nH]1. The minimum absolute atomic E-state index is 0.143. The van der Waals surface area contributed by atoms with E-state index in [9.17, 15) is 9.59 Å². The molecule has 0 bridgehead atoms. The molecule has 0 aromatic carbocycles. The Morgan fingerprint density at radius 3 is 2.89 bits per heavy atom. The molecular weight excluding hydrogens is 248 g/mol. The number of amides is 1. The van der Waals surface area contributed by atoms with Crippen molar-refractivity contribution in [2.45, 2.75) is 13.3 Å². The quantitative estimate of drug-likeness (QED) is 0.768. The predicted octanol–water partition coefficient (Wildman–Crippen LogP) is 1.32. The Morgan fingerprint density at radius 2 is 2.26 bits per heavy atom. The van der Waals surface area contributed by atoms with Gasteiger partial charge in [0.2, 0.25) is 0 Å². The van der Waals surface area contributed by atoms with Crippen LogP contribution in [0.2, 0.25) is 0 Å². The maximum Gasteiger partial charge on any atom is 0.338 e. The maximum atomic E-state index is 11.9. The lowest BCUT2D eigenvalue weighted by atomic mass is 10.2. The number of nitrogens with one attached hydrogen (secondary N) is 2. The van der Waals surface area contributed by atoms with Crippen molar-refractivity contribution in [2.24, 2.45) is 0 Å². The van der Waals surface area contributed by atoms with E-state index in [0.29, 0.717) is 5.82 Å². The standard InChI is InChI=1S/C12H12N4O3/c1-2-7-6-9(16-15-7)14-11(17)10-8(12(18)19)4-3-5-13-10/h3-6H,2H2,1H3,(H,18,19)(H2,14,15,16,17). The number of carbonyl (C=O) groups is 2. The Morgan fingerprint density at radius 1 is 1.47 bits per heavy atom. The topological polar surface area (TPSA) is 108 Å². The average Bonchev–Trinajstić information content (AvgIpc) is 2.86. The molecule has 7 heteroatoms. The van der Waals surface area contributed by atoms with E-state index in [0.717, 1.165) is 12.1 Å². The van der Waals surface area contributed by atoms with Gasteiger partial charge in [-0.25, -0.2) is 4.79 Å². The normalized spacial score (nSPS) is 10.2. The Kier molecular flexibility index (Phi) is 3.56. The molecule has 19 heavy (non-hydrogen) atoms. The van der Waals surface area contributed by atoms with Gasteiger partial charge in [0.15, 0.2) is 5.82 Å². The fourth-order valence-electron chi connectivity index (χ4n) is 1.54. The highest BCUT2D eigenvalue weighted by Gasteiger charge is 2.18. The highest BCUT2D eigenvalue weighted by molar-refractivity contribution is 6.08. The smallest absolute Gasteiger partial charge is 0.338 e. The number of aryl methyl sites for hydroxylation is 1. The van der Waals surface area contributed by atoms with Gasteiger partial charge in [-0.05, 0) is 18.6 Å².